The summed E-state index contributed by atoms with van der Waals surface area (Å²) in [6.07, 6.45) is 2.76. The van der Waals surface area contributed by atoms with Crippen molar-refractivity contribution >= 4 is 17.6 Å². The maximum Gasteiger partial charge on any atom is 0.318 e. The summed E-state index contributed by atoms with van der Waals surface area (Å²) >= 11 is 0. The summed E-state index contributed by atoms with van der Waals surface area (Å²) in [5.74, 6) is -0.635. The van der Waals surface area contributed by atoms with Crippen LogP contribution in [0.15, 0.2) is 18.5 Å². The van der Waals surface area contributed by atoms with Gasteiger partial charge in [-0.15, -0.1) is 0 Å². The molecular weight excluding hydrogens is 184 g/mol. The van der Waals surface area contributed by atoms with E-state index >= 15 is 0 Å². The molecule has 1 aromatic heterocycles. The fraction of sp³-hybridized carbons (Fsp3) is 0.125. The van der Waals surface area contributed by atoms with Gasteiger partial charge in [0.05, 0.1) is 11.3 Å². The molecule has 3 amide bonds. The molecule has 0 saturated carbocycles. The van der Waals surface area contributed by atoms with E-state index in [1.54, 1.807) is 0 Å². The average Bonchev–Trinajstić information content (AvgIpc) is 2.18. The van der Waals surface area contributed by atoms with E-state index in [1.807, 2.05) is 0 Å². The molecule has 0 bridgehead atoms. The highest BCUT2D eigenvalue weighted by atomic mass is 16.2. The van der Waals surface area contributed by atoms with Crippen LogP contribution in [0.5, 0.6) is 0 Å². The Morgan fingerprint density at radius 1 is 1.50 bits per heavy atom. The van der Waals surface area contributed by atoms with Gasteiger partial charge >= 0.3 is 6.03 Å². The van der Waals surface area contributed by atoms with Crippen molar-refractivity contribution in [2.45, 2.75) is 0 Å². The number of anilines is 1. The van der Waals surface area contributed by atoms with E-state index in [2.05, 4.69) is 15.6 Å². The van der Waals surface area contributed by atoms with Gasteiger partial charge in [-0.25, -0.2) is 4.79 Å². The molecule has 0 radical (unpaired) electrons. The van der Waals surface area contributed by atoms with Gasteiger partial charge in [-0.1, -0.05) is 0 Å². The highest BCUT2D eigenvalue weighted by Gasteiger charge is 2.09. The van der Waals surface area contributed by atoms with Crippen molar-refractivity contribution in [2.24, 2.45) is 5.73 Å². The number of hydrogen-bond donors (Lipinski definition) is 3. The lowest BCUT2D eigenvalue weighted by Gasteiger charge is -2.06. The van der Waals surface area contributed by atoms with Gasteiger partial charge in [-0.2, -0.15) is 0 Å². The first-order valence-corrected chi connectivity index (χ1v) is 3.87. The number of hydrogen-bond acceptors (Lipinski definition) is 3. The van der Waals surface area contributed by atoms with Crippen molar-refractivity contribution in [1.29, 1.82) is 0 Å². The lowest BCUT2D eigenvalue weighted by molar-refractivity contribution is 0.100. The number of amides is 3. The van der Waals surface area contributed by atoms with Crippen molar-refractivity contribution < 1.29 is 9.59 Å². The maximum absolute atomic E-state index is 11.0. The SMILES string of the molecule is CNC(=O)Nc1ccncc1C(N)=O. The van der Waals surface area contributed by atoms with Gasteiger partial charge in [0.2, 0.25) is 0 Å². The summed E-state index contributed by atoms with van der Waals surface area (Å²) < 4.78 is 0. The van der Waals surface area contributed by atoms with Crippen LogP contribution in [0.4, 0.5) is 10.5 Å². The molecule has 6 nitrogen and oxygen atoms in total. The summed E-state index contributed by atoms with van der Waals surface area (Å²) in [5, 5.41) is 4.81. The fourth-order valence-electron chi connectivity index (χ4n) is 0.885. The molecule has 0 aromatic carbocycles. The van der Waals surface area contributed by atoms with Crippen molar-refractivity contribution in [1.82, 2.24) is 10.3 Å². The summed E-state index contributed by atoms with van der Waals surface area (Å²) in [5.41, 5.74) is 5.60. The van der Waals surface area contributed by atoms with Crippen LogP contribution in [-0.4, -0.2) is 24.0 Å². The third-order valence-electron chi connectivity index (χ3n) is 1.56. The van der Waals surface area contributed by atoms with Gasteiger partial charge in [-0.3, -0.25) is 9.78 Å². The van der Waals surface area contributed by atoms with E-state index in [4.69, 9.17) is 5.73 Å². The molecule has 0 aliphatic heterocycles. The number of carbonyl (C=O) groups excluding carboxylic acids is 2. The largest absolute Gasteiger partial charge is 0.365 e. The van der Waals surface area contributed by atoms with E-state index in [0.29, 0.717) is 5.69 Å². The van der Waals surface area contributed by atoms with Gasteiger partial charge in [0.15, 0.2) is 0 Å². The molecule has 0 atom stereocenters. The Morgan fingerprint density at radius 2 is 2.21 bits per heavy atom. The second kappa shape index (κ2) is 4.22. The second-order valence-electron chi connectivity index (χ2n) is 2.49. The summed E-state index contributed by atoms with van der Waals surface area (Å²) in [6.45, 7) is 0. The summed E-state index contributed by atoms with van der Waals surface area (Å²) in [7, 11) is 1.47. The molecule has 14 heavy (non-hydrogen) atoms. The zero-order valence-electron chi connectivity index (χ0n) is 7.57. The zero-order valence-corrected chi connectivity index (χ0v) is 7.57. The monoisotopic (exact) mass is 194 g/mol. The van der Waals surface area contributed by atoms with Gasteiger partial charge in [-0.05, 0) is 6.07 Å². The predicted octanol–water partition coefficient (Wildman–Crippen LogP) is -0.0682. The summed E-state index contributed by atoms with van der Waals surface area (Å²) in [4.78, 5) is 25.6. The molecule has 0 aliphatic rings. The number of nitrogens with two attached hydrogens (primary N) is 1. The first kappa shape index (κ1) is 9.97. The Balaban J connectivity index is 2.95. The van der Waals surface area contributed by atoms with Crippen molar-refractivity contribution in [3.05, 3.63) is 24.0 Å². The molecule has 1 aromatic rings. The molecule has 4 N–H and O–H groups in total. The Kier molecular flexibility index (Phi) is 3.01. The first-order valence-electron chi connectivity index (χ1n) is 3.87. The standard InChI is InChI=1S/C8H10N4O2/c1-10-8(14)12-6-2-3-11-4-5(6)7(9)13/h2-4H,1H3,(H2,9,13)(H2,10,11,12,14). The highest BCUT2D eigenvalue weighted by molar-refractivity contribution is 6.02. The molecular formula is C8H10N4O2. The molecule has 0 saturated heterocycles. The fourth-order valence-corrected chi connectivity index (χ4v) is 0.885. The van der Waals surface area contributed by atoms with E-state index in [0.717, 1.165) is 0 Å². The molecule has 0 aliphatic carbocycles. The number of rotatable bonds is 2. The smallest absolute Gasteiger partial charge is 0.318 e. The minimum atomic E-state index is -0.635. The van der Waals surface area contributed by atoms with Gasteiger partial charge < -0.3 is 16.4 Å². The number of pyridine rings is 1. The third-order valence-corrected chi connectivity index (χ3v) is 1.56. The molecule has 0 unspecified atom stereocenters. The molecule has 74 valence electrons. The minimum absolute atomic E-state index is 0.177. The Labute approximate surface area is 80.5 Å². The van der Waals surface area contributed by atoms with Crippen LogP contribution in [0.25, 0.3) is 0 Å². The number of carbonyl (C=O) groups is 2. The van der Waals surface area contributed by atoms with Gasteiger partial charge in [0, 0.05) is 19.4 Å². The molecule has 0 spiro atoms. The Hall–Kier alpha value is -2.11. The first-order chi connectivity index (χ1) is 6.65. The lowest BCUT2D eigenvalue weighted by atomic mass is 10.2. The van der Waals surface area contributed by atoms with Gasteiger partial charge in [0.1, 0.15) is 0 Å². The van der Waals surface area contributed by atoms with Crippen molar-refractivity contribution in [2.75, 3.05) is 12.4 Å². The van der Waals surface area contributed by atoms with Crippen LogP contribution in [0, 0.1) is 0 Å². The zero-order chi connectivity index (χ0) is 10.6. The number of urea groups is 1. The van der Waals surface area contributed by atoms with Crippen molar-refractivity contribution in [3.63, 3.8) is 0 Å². The lowest BCUT2D eigenvalue weighted by Crippen LogP contribution is -2.26. The third kappa shape index (κ3) is 2.19. The summed E-state index contributed by atoms with van der Waals surface area (Å²) in [6, 6.07) is 1.08. The number of aromatic nitrogens is 1. The van der Waals surface area contributed by atoms with Crippen LogP contribution < -0.4 is 16.4 Å². The Morgan fingerprint density at radius 3 is 2.79 bits per heavy atom. The van der Waals surface area contributed by atoms with Crippen LogP contribution in [0.2, 0.25) is 0 Å². The number of nitrogens with one attached hydrogen (secondary N) is 2. The quantitative estimate of drug-likeness (QED) is 0.614. The molecule has 1 heterocycles. The van der Waals surface area contributed by atoms with Crippen LogP contribution in [0.3, 0.4) is 0 Å². The molecule has 6 heteroatoms. The van der Waals surface area contributed by atoms with E-state index in [-0.39, 0.29) is 5.56 Å². The van der Waals surface area contributed by atoms with Gasteiger partial charge in [0.25, 0.3) is 5.91 Å². The van der Waals surface area contributed by atoms with Crippen LogP contribution in [-0.2, 0) is 0 Å². The van der Waals surface area contributed by atoms with E-state index in [9.17, 15) is 9.59 Å². The predicted molar refractivity (Wildman–Crippen MR) is 50.8 cm³/mol. The van der Waals surface area contributed by atoms with E-state index < -0.39 is 11.9 Å². The highest BCUT2D eigenvalue weighted by Crippen LogP contribution is 2.11. The normalized spacial score (nSPS) is 9.21. The second-order valence-corrected chi connectivity index (χ2v) is 2.49. The topological polar surface area (TPSA) is 97.1 Å². The molecule has 0 fully saturated rings. The number of nitrogens with zero attached hydrogens (tertiary/aromatic N) is 1. The van der Waals surface area contributed by atoms with E-state index in [1.165, 1.54) is 25.5 Å². The maximum atomic E-state index is 11.0. The average molecular weight is 194 g/mol. The minimum Gasteiger partial charge on any atom is -0.365 e. The molecule has 1 rings (SSSR count). The Bertz CT molecular complexity index is 364. The van der Waals surface area contributed by atoms with Crippen molar-refractivity contribution in [3.8, 4) is 0 Å². The van der Waals surface area contributed by atoms with Crippen LogP contribution in [0.1, 0.15) is 10.4 Å². The van der Waals surface area contributed by atoms with Crippen LogP contribution >= 0.6 is 0 Å². The number of primary amides is 1.